The summed E-state index contributed by atoms with van der Waals surface area (Å²) in [5, 5.41) is 10.9. The van der Waals surface area contributed by atoms with Gasteiger partial charge in [0.2, 0.25) is 0 Å². The van der Waals surface area contributed by atoms with E-state index in [1.807, 2.05) is 6.07 Å². The summed E-state index contributed by atoms with van der Waals surface area (Å²) in [6.07, 6.45) is 0. The van der Waals surface area contributed by atoms with Crippen LogP contribution in [0.5, 0.6) is 0 Å². The molecule has 0 saturated carbocycles. The molecule has 128 valence electrons. The molecule has 0 aliphatic carbocycles. The first-order valence-corrected chi connectivity index (χ1v) is 7.75. The Morgan fingerprint density at radius 2 is 1.68 bits per heavy atom. The van der Waals surface area contributed by atoms with Crippen molar-refractivity contribution in [3.63, 3.8) is 0 Å². The number of nitrogens with one attached hydrogen (secondary N) is 2. The van der Waals surface area contributed by atoms with Gasteiger partial charge in [0, 0.05) is 19.0 Å². The lowest BCUT2D eigenvalue weighted by Gasteiger charge is -2.10. The smallest absolute Gasteiger partial charge is 0.315 e. The van der Waals surface area contributed by atoms with Crippen LogP contribution >= 0.6 is 0 Å². The van der Waals surface area contributed by atoms with E-state index in [1.54, 1.807) is 37.4 Å². The van der Waals surface area contributed by atoms with Crippen molar-refractivity contribution in [2.24, 2.45) is 7.05 Å². The number of urea groups is 1. The van der Waals surface area contributed by atoms with E-state index >= 15 is 0 Å². The van der Waals surface area contributed by atoms with Gasteiger partial charge in [0.15, 0.2) is 0 Å². The molecule has 2 aromatic carbocycles. The van der Waals surface area contributed by atoms with Gasteiger partial charge in [0.05, 0.1) is 17.6 Å². The molecule has 0 radical (unpaired) electrons. The molecule has 3 aromatic rings. The summed E-state index contributed by atoms with van der Waals surface area (Å²) < 4.78 is 14.1. The number of halogens is 1. The fourth-order valence-electron chi connectivity index (χ4n) is 2.52. The maximum Gasteiger partial charge on any atom is 0.315 e. The van der Waals surface area contributed by atoms with Crippen LogP contribution < -0.4 is 16.2 Å². The Kier molecular flexibility index (Phi) is 4.74. The minimum absolute atomic E-state index is 0.180. The lowest BCUT2D eigenvalue weighted by molar-refractivity contribution is 0.240. The molecule has 3 rings (SSSR count). The van der Waals surface area contributed by atoms with Crippen LogP contribution in [0.3, 0.4) is 0 Å². The lowest BCUT2D eigenvalue weighted by atomic mass is 10.1. The van der Waals surface area contributed by atoms with Gasteiger partial charge in [-0.05, 0) is 23.8 Å². The highest BCUT2D eigenvalue weighted by Crippen LogP contribution is 2.12. The Balaban J connectivity index is 1.66. The van der Waals surface area contributed by atoms with Crippen LogP contribution in [-0.2, 0) is 20.1 Å². The van der Waals surface area contributed by atoms with Crippen molar-refractivity contribution in [1.29, 1.82) is 0 Å². The summed E-state index contributed by atoms with van der Waals surface area (Å²) >= 11 is 0. The van der Waals surface area contributed by atoms with Gasteiger partial charge in [-0.2, -0.15) is 5.10 Å². The van der Waals surface area contributed by atoms with E-state index in [2.05, 4.69) is 15.7 Å². The molecule has 0 spiro atoms. The highest BCUT2D eigenvalue weighted by atomic mass is 19.1. The first-order valence-electron chi connectivity index (χ1n) is 7.75. The van der Waals surface area contributed by atoms with Crippen molar-refractivity contribution in [3.8, 4) is 0 Å². The van der Waals surface area contributed by atoms with E-state index in [0.29, 0.717) is 16.5 Å². The van der Waals surface area contributed by atoms with Gasteiger partial charge in [-0.25, -0.2) is 13.9 Å². The van der Waals surface area contributed by atoms with Crippen LogP contribution in [-0.4, -0.2) is 15.8 Å². The first-order chi connectivity index (χ1) is 12.0. The number of hydrogen-bond donors (Lipinski definition) is 2. The second-order valence-electron chi connectivity index (χ2n) is 5.58. The van der Waals surface area contributed by atoms with Gasteiger partial charge in [0.25, 0.3) is 5.56 Å². The number of rotatable bonds is 4. The van der Waals surface area contributed by atoms with Crippen molar-refractivity contribution >= 4 is 16.8 Å². The molecule has 0 fully saturated rings. The summed E-state index contributed by atoms with van der Waals surface area (Å²) in [4.78, 5) is 24.0. The van der Waals surface area contributed by atoms with Gasteiger partial charge in [-0.3, -0.25) is 4.79 Å². The molecular weight excluding hydrogens is 323 g/mol. The minimum atomic E-state index is -0.371. The van der Waals surface area contributed by atoms with Gasteiger partial charge in [-0.15, -0.1) is 0 Å². The molecule has 0 aliphatic heterocycles. The van der Waals surface area contributed by atoms with E-state index in [-0.39, 0.29) is 30.5 Å². The SMILES string of the molecule is Cn1nc(CNC(=O)NCc2ccc(F)cc2)c2ccccc2c1=O. The van der Waals surface area contributed by atoms with E-state index in [9.17, 15) is 14.0 Å². The average Bonchev–Trinajstić information content (AvgIpc) is 2.63. The minimum Gasteiger partial charge on any atom is -0.334 e. The second-order valence-corrected chi connectivity index (χ2v) is 5.58. The molecule has 7 heteroatoms. The largest absolute Gasteiger partial charge is 0.334 e. The highest BCUT2D eigenvalue weighted by Gasteiger charge is 2.09. The van der Waals surface area contributed by atoms with E-state index < -0.39 is 0 Å². The van der Waals surface area contributed by atoms with Crippen LogP contribution in [0.2, 0.25) is 0 Å². The molecule has 6 nitrogen and oxygen atoms in total. The van der Waals surface area contributed by atoms with E-state index in [4.69, 9.17) is 0 Å². The second kappa shape index (κ2) is 7.12. The summed E-state index contributed by atoms with van der Waals surface area (Å²) in [7, 11) is 1.58. The molecule has 2 amide bonds. The summed E-state index contributed by atoms with van der Waals surface area (Å²) in [5.41, 5.74) is 1.22. The van der Waals surface area contributed by atoms with Gasteiger partial charge in [0.1, 0.15) is 5.82 Å². The number of fused-ring (bicyclic) bond motifs is 1. The van der Waals surface area contributed by atoms with Crippen LogP contribution in [0.1, 0.15) is 11.3 Å². The highest BCUT2D eigenvalue weighted by molar-refractivity contribution is 5.84. The Hall–Kier alpha value is -3.22. The summed E-state index contributed by atoms with van der Waals surface area (Å²) in [6.45, 7) is 0.470. The molecule has 0 aliphatic rings. The van der Waals surface area contributed by atoms with Crippen LogP contribution in [0.25, 0.3) is 10.8 Å². The Bertz CT molecular complexity index is 967. The zero-order valence-corrected chi connectivity index (χ0v) is 13.6. The number of aryl methyl sites for hydroxylation is 1. The third kappa shape index (κ3) is 3.82. The Morgan fingerprint density at radius 1 is 1.04 bits per heavy atom. The van der Waals surface area contributed by atoms with Crippen molar-refractivity contribution in [1.82, 2.24) is 20.4 Å². The number of hydrogen-bond acceptors (Lipinski definition) is 3. The number of amides is 2. The zero-order chi connectivity index (χ0) is 17.8. The monoisotopic (exact) mass is 340 g/mol. The van der Waals surface area contributed by atoms with Crippen molar-refractivity contribution in [3.05, 3.63) is 76.0 Å². The maximum absolute atomic E-state index is 12.9. The molecule has 1 aromatic heterocycles. The standard InChI is InChI=1S/C18H17FN4O2/c1-23-17(24)15-5-3-2-4-14(15)16(22-23)11-21-18(25)20-10-12-6-8-13(19)9-7-12/h2-9H,10-11H2,1H3,(H2,20,21,25). The van der Waals surface area contributed by atoms with Crippen molar-refractivity contribution in [2.45, 2.75) is 13.1 Å². The molecule has 0 bridgehead atoms. The molecule has 1 heterocycles. The normalized spacial score (nSPS) is 10.6. The molecule has 0 saturated heterocycles. The molecule has 25 heavy (non-hydrogen) atoms. The van der Waals surface area contributed by atoms with Crippen molar-refractivity contribution in [2.75, 3.05) is 0 Å². The summed E-state index contributed by atoms with van der Waals surface area (Å²) in [6, 6.07) is 12.7. The maximum atomic E-state index is 12.9. The fourth-order valence-corrected chi connectivity index (χ4v) is 2.52. The third-order valence-electron chi connectivity index (χ3n) is 3.82. The van der Waals surface area contributed by atoms with Gasteiger partial charge in [-0.1, -0.05) is 30.3 Å². The average molecular weight is 340 g/mol. The van der Waals surface area contributed by atoms with Crippen LogP contribution in [0.4, 0.5) is 9.18 Å². The van der Waals surface area contributed by atoms with Crippen LogP contribution in [0.15, 0.2) is 53.3 Å². The Morgan fingerprint density at radius 3 is 2.40 bits per heavy atom. The quantitative estimate of drug-likeness (QED) is 0.763. The van der Waals surface area contributed by atoms with Gasteiger partial charge >= 0.3 is 6.03 Å². The molecule has 0 unspecified atom stereocenters. The first kappa shape index (κ1) is 16.6. The van der Waals surface area contributed by atoms with Crippen molar-refractivity contribution < 1.29 is 9.18 Å². The third-order valence-corrected chi connectivity index (χ3v) is 3.82. The predicted molar refractivity (Wildman–Crippen MR) is 92.5 cm³/mol. The lowest BCUT2D eigenvalue weighted by Crippen LogP contribution is -2.35. The molecule has 2 N–H and O–H groups in total. The van der Waals surface area contributed by atoms with Crippen LogP contribution in [0, 0.1) is 5.82 Å². The fraction of sp³-hybridized carbons (Fsp3) is 0.167. The topological polar surface area (TPSA) is 76.0 Å². The summed E-state index contributed by atoms with van der Waals surface area (Å²) in [5.74, 6) is -0.319. The number of benzene rings is 2. The Labute approximate surface area is 143 Å². The van der Waals surface area contributed by atoms with E-state index in [1.165, 1.54) is 16.8 Å². The molecular formula is C18H17FN4O2. The number of aromatic nitrogens is 2. The number of carbonyl (C=O) groups is 1. The van der Waals surface area contributed by atoms with Gasteiger partial charge < -0.3 is 10.6 Å². The number of nitrogens with zero attached hydrogens (tertiary/aromatic N) is 2. The predicted octanol–water partition coefficient (Wildman–Crippen LogP) is 2.07. The molecule has 0 atom stereocenters. The number of carbonyl (C=O) groups excluding carboxylic acids is 1. The zero-order valence-electron chi connectivity index (χ0n) is 13.6. The van der Waals surface area contributed by atoms with E-state index in [0.717, 1.165) is 5.56 Å².